The van der Waals surface area contributed by atoms with Gasteiger partial charge in [0.1, 0.15) is 0 Å². The Balaban J connectivity index is 2.23. The summed E-state index contributed by atoms with van der Waals surface area (Å²) < 4.78 is 25.0. The molecule has 0 saturated heterocycles. The minimum absolute atomic E-state index is 0.300. The van der Waals surface area contributed by atoms with Crippen LogP contribution in [0.2, 0.25) is 0 Å². The third-order valence-corrected chi connectivity index (χ3v) is 3.58. The van der Waals surface area contributed by atoms with Crippen LogP contribution in [0.3, 0.4) is 0 Å². The van der Waals surface area contributed by atoms with E-state index in [1.807, 2.05) is 0 Å². The number of hydrogen-bond acceptors (Lipinski definition) is 1. The van der Waals surface area contributed by atoms with Gasteiger partial charge in [0, 0.05) is 9.68 Å². The van der Waals surface area contributed by atoms with E-state index >= 15 is 0 Å². The van der Waals surface area contributed by atoms with Crippen LogP contribution in [0, 0.1) is 5.92 Å². The van der Waals surface area contributed by atoms with Crippen LogP contribution in [0.5, 0.6) is 0 Å². The lowest BCUT2D eigenvalue weighted by atomic mass is 9.77. The van der Waals surface area contributed by atoms with Gasteiger partial charge in [-0.1, -0.05) is 31.9 Å². The van der Waals surface area contributed by atoms with E-state index in [0.717, 1.165) is 24.8 Å². The summed E-state index contributed by atoms with van der Waals surface area (Å²) in [5.41, 5.74) is 6.43. The molecule has 1 fully saturated rings. The van der Waals surface area contributed by atoms with Crippen molar-refractivity contribution in [1.82, 2.24) is 0 Å². The van der Waals surface area contributed by atoms with Gasteiger partial charge in [0.25, 0.3) is 0 Å². The van der Waals surface area contributed by atoms with Crippen LogP contribution in [0.15, 0.2) is 24.3 Å². The fraction of sp³-hybridized carbons (Fsp3) is 0.562. The van der Waals surface area contributed by atoms with Crippen LogP contribution in [-0.2, 0) is 0 Å². The number of carbonyl (C=O) groups excluding carboxylic acids is 1. The third kappa shape index (κ3) is 3.12. The molecule has 18 heavy (non-hydrogen) atoms. The monoisotopic (exact) mass is 248 g/mol. The Morgan fingerprint density at radius 3 is 2.67 bits per heavy atom. The van der Waals surface area contributed by atoms with Gasteiger partial charge in [-0.25, -0.2) is 0 Å². The topological polar surface area (TPSA) is 43.1 Å². The van der Waals surface area contributed by atoms with E-state index < -0.39 is 24.6 Å². The molecule has 0 heterocycles. The summed E-state index contributed by atoms with van der Waals surface area (Å²) in [7, 11) is 0. The zero-order valence-corrected chi connectivity index (χ0v) is 10.9. The van der Waals surface area contributed by atoms with E-state index in [-0.39, 0.29) is 0 Å². The van der Waals surface area contributed by atoms with E-state index in [1.165, 1.54) is 0 Å². The quantitative estimate of drug-likeness (QED) is 0.863. The molecule has 98 valence electrons. The Morgan fingerprint density at radius 1 is 1.39 bits per heavy atom. The van der Waals surface area contributed by atoms with Crippen molar-refractivity contribution < 1.29 is 8.91 Å². The van der Waals surface area contributed by atoms with Crippen LogP contribution in [-0.4, -0.2) is 5.91 Å². The number of carbonyl (C=O) groups is 1. The smallest absolute Gasteiger partial charge is 0.248 e. The molecule has 0 aromatic heterocycles. The lowest BCUT2D eigenvalue weighted by Crippen LogP contribution is -2.14. The second-order valence-electron chi connectivity index (χ2n) is 5.00. The van der Waals surface area contributed by atoms with Gasteiger partial charge < -0.3 is 5.73 Å². The molecule has 1 saturated carbocycles. The van der Waals surface area contributed by atoms with Crippen molar-refractivity contribution in [2.24, 2.45) is 11.7 Å². The van der Waals surface area contributed by atoms with Crippen molar-refractivity contribution in [3.8, 4) is 0 Å². The Bertz CT molecular complexity index is 501. The van der Waals surface area contributed by atoms with Crippen molar-refractivity contribution in [2.45, 2.75) is 51.3 Å². The average molecular weight is 248 g/mol. The SMILES string of the molecule is [2H][C@@H]1C[C@@H](CCC)CC([2H])([2H])C1c1ccc(C(N)=O)cc1. The standard InChI is InChI=1S/C16H23NO/c1-2-3-12-4-6-13(7-5-12)14-8-10-15(11-9-14)16(17)18/h8-13H,2-7H2,1H3,(H2,17,18)/t12-,13?/i6D,7D2/t6-,12-,13?/m1/s1. The van der Waals surface area contributed by atoms with E-state index in [9.17, 15) is 4.79 Å². The van der Waals surface area contributed by atoms with Gasteiger partial charge in [0.2, 0.25) is 5.91 Å². The maximum Gasteiger partial charge on any atom is 0.248 e. The maximum absolute atomic E-state index is 11.1. The van der Waals surface area contributed by atoms with Crippen LogP contribution < -0.4 is 5.73 Å². The molecule has 1 aromatic carbocycles. The second-order valence-corrected chi connectivity index (χ2v) is 5.00. The van der Waals surface area contributed by atoms with E-state index in [0.29, 0.717) is 17.9 Å². The predicted molar refractivity (Wildman–Crippen MR) is 74.6 cm³/mol. The normalized spacial score (nSPS) is 33.2. The minimum atomic E-state index is -1.38. The Labute approximate surface area is 114 Å². The van der Waals surface area contributed by atoms with Crippen molar-refractivity contribution in [3.05, 3.63) is 35.4 Å². The zero-order chi connectivity index (χ0) is 15.6. The summed E-state index contributed by atoms with van der Waals surface area (Å²) in [4.78, 5) is 11.1. The lowest BCUT2D eigenvalue weighted by Gasteiger charge is -2.28. The molecule has 1 aliphatic carbocycles. The highest BCUT2D eigenvalue weighted by molar-refractivity contribution is 5.92. The molecule has 2 N–H and O–H groups in total. The second kappa shape index (κ2) is 6.03. The number of nitrogens with two attached hydrogens (primary N) is 1. The largest absolute Gasteiger partial charge is 0.366 e. The molecule has 1 aliphatic rings. The summed E-state index contributed by atoms with van der Waals surface area (Å²) >= 11 is 0. The number of benzene rings is 1. The van der Waals surface area contributed by atoms with E-state index in [4.69, 9.17) is 9.85 Å². The highest BCUT2D eigenvalue weighted by atomic mass is 16.1. The number of primary amides is 1. The molecule has 1 amide bonds. The van der Waals surface area contributed by atoms with E-state index in [1.54, 1.807) is 24.3 Å². The maximum atomic E-state index is 11.1. The average Bonchev–Trinajstić information content (AvgIpc) is 2.37. The fourth-order valence-corrected chi connectivity index (χ4v) is 2.53. The molecule has 2 nitrogen and oxygen atoms in total. The summed E-state index contributed by atoms with van der Waals surface area (Å²) in [6.45, 7) is 2.10. The van der Waals surface area contributed by atoms with Crippen molar-refractivity contribution in [3.63, 3.8) is 0 Å². The van der Waals surface area contributed by atoms with Gasteiger partial charge in [0.05, 0.1) is 0 Å². The molecule has 0 aliphatic heterocycles. The molecule has 0 radical (unpaired) electrons. The van der Waals surface area contributed by atoms with Crippen LogP contribution in [0.25, 0.3) is 0 Å². The molecule has 0 spiro atoms. The van der Waals surface area contributed by atoms with Gasteiger partial charge in [-0.05, 0) is 55.1 Å². The van der Waals surface area contributed by atoms with Crippen molar-refractivity contribution in [2.75, 3.05) is 0 Å². The first-order valence-corrected chi connectivity index (χ1v) is 6.67. The molecule has 0 bridgehead atoms. The molecule has 3 atom stereocenters. The Kier molecular flexibility index (Phi) is 3.22. The van der Waals surface area contributed by atoms with Crippen LogP contribution in [0.1, 0.15) is 71.3 Å². The van der Waals surface area contributed by atoms with Crippen molar-refractivity contribution >= 4 is 5.91 Å². The Hall–Kier alpha value is -1.31. The van der Waals surface area contributed by atoms with Crippen LogP contribution in [0.4, 0.5) is 0 Å². The third-order valence-electron chi connectivity index (χ3n) is 3.58. The minimum Gasteiger partial charge on any atom is -0.366 e. The molecular weight excluding hydrogens is 222 g/mol. The molecule has 1 unspecified atom stereocenters. The van der Waals surface area contributed by atoms with E-state index in [2.05, 4.69) is 6.92 Å². The first-order valence-electron chi connectivity index (χ1n) is 8.25. The fourth-order valence-electron chi connectivity index (χ4n) is 2.53. The van der Waals surface area contributed by atoms with Gasteiger partial charge in [-0.2, -0.15) is 0 Å². The summed E-state index contributed by atoms with van der Waals surface area (Å²) in [6, 6.07) is 6.73. The molecular formula is C16H23NO. The molecule has 1 aromatic rings. The number of rotatable bonds is 4. The van der Waals surface area contributed by atoms with Gasteiger partial charge in [0.15, 0.2) is 0 Å². The zero-order valence-electron chi connectivity index (χ0n) is 13.9. The summed E-state index contributed by atoms with van der Waals surface area (Å²) in [6.07, 6.45) is 1.46. The first-order chi connectivity index (χ1) is 9.85. The van der Waals surface area contributed by atoms with Crippen molar-refractivity contribution in [1.29, 1.82) is 0 Å². The predicted octanol–water partition coefficient (Wildman–Crippen LogP) is 3.86. The van der Waals surface area contributed by atoms with Gasteiger partial charge >= 0.3 is 0 Å². The molecule has 2 rings (SSSR count). The van der Waals surface area contributed by atoms with Gasteiger partial charge in [-0.3, -0.25) is 4.79 Å². The highest BCUT2D eigenvalue weighted by Gasteiger charge is 2.21. The first kappa shape index (κ1) is 9.60. The summed E-state index contributed by atoms with van der Waals surface area (Å²) in [5.74, 6) is -0.625. The number of hydrogen-bond donors (Lipinski definition) is 1. The summed E-state index contributed by atoms with van der Waals surface area (Å²) in [5, 5.41) is 0. The highest BCUT2D eigenvalue weighted by Crippen LogP contribution is 2.37. The number of amides is 1. The lowest BCUT2D eigenvalue weighted by molar-refractivity contribution is 0.100. The van der Waals surface area contributed by atoms with Gasteiger partial charge in [-0.15, -0.1) is 0 Å². The Morgan fingerprint density at radius 2 is 2.11 bits per heavy atom. The van der Waals surface area contributed by atoms with Crippen LogP contribution >= 0.6 is 0 Å². The molecule has 2 heteroatoms.